The molecule has 5 nitrogen and oxygen atoms in total. The Bertz CT molecular complexity index is 750. The summed E-state index contributed by atoms with van der Waals surface area (Å²) in [6.45, 7) is -0.276. The van der Waals surface area contributed by atoms with Crippen LogP contribution in [0.15, 0.2) is 53.6 Å². The average molecular weight is 334 g/mol. The number of nitrogens with zero attached hydrogens (tertiary/aromatic N) is 1. The van der Waals surface area contributed by atoms with Crippen molar-refractivity contribution in [3.63, 3.8) is 0 Å². The van der Waals surface area contributed by atoms with Crippen LogP contribution in [0.2, 0.25) is 5.02 Å². The zero-order valence-electron chi connectivity index (χ0n) is 11.9. The Hall–Kier alpha value is -2.73. The molecule has 7 heteroatoms. The Morgan fingerprint density at radius 1 is 1.17 bits per heavy atom. The summed E-state index contributed by atoms with van der Waals surface area (Å²) in [5, 5.41) is 6.68. The molecule has 0 radical (unpaired) electrons. The predicted octanol–water partition coefficient (Wildman–Crippen LogP) is 2.36. The number of hydrazone groups is 1. The summed E-state index contributed by atoms with van der Waals surface area (Å²) in [5.41, 5.74) is 3.13. The molecule has 2 N–H and O–H groups in total. The summed E-state index contributed by atoms with van der Waals surface area (Å²) in [7, 11) is 0. The quantitative estimate of drug-likeness (QED) is 0.651. The van der Waals surface area contributed by atoms with Crippen molar-refractivity contribution in [2.45, 2.75) is 0 Å². The highest BCUT2D eigenvalue weighted by molar-refractivity contribution is 6.30. The molecule has 23 heavy (non-hydrogen) atoms. The van der Waals surface area contributed by atoms with Crippen molar-refractivity contribution < 1.29 is 14.0 Å². The molecular weight excluding hydrogens is 321 g/mol. The monoisotopic (exact) mass is 333 g/mol. The normalized spacial score (nSPS) is 10.5. The maximum absolute atomic E-state index is 13.0. The molecule has 0 atom stereocenters. The lowest BCUT2D eigenvalue weighted by atomic mass is 10.2. The van der Waals surface area contributed by atoms with Crippen LogP contribution in [0.25, 0.3) is 0 Å². The second kappa shape index (κ2) is 8.05. The van der Waals surface area contributed by atoms with E-state index in [2.05, 4.69) is 15.8 Å². The smallest absolute Gasteiger partial charge is 0.259 e. The Morgan fingerprint density at radius 3 is 2.70 bits per heavy atom. The van der Waals surface area contributed by atoms with E-state index >= 15 is 0 Å². The van der Waals surface area contributed by atoms with Crippen LogP contribution in [-0.4, -0.2) is 24.6 Å². The van der Waals surface area contributed by atoms with Gasteiger partial charge < -0.3 is 5.32 Å². The number of nitrogens with one attached hydrogen (secondary N) is 2. The molecule has 2 aromatic rings. The van der Waals surface area contributed by atoms with Crippen molar-refractivity contribution in [3.05, 3.63) is 70.5 Å². The van der Waals surface area contributed by atoms with Gasteiger partial charge in [-0.25, -0.2) is 9.82 Å². The maximum atomic E-state index is 13.0. The lowest BCUT2D eigenvalue weighted by molar-refractivity contribution is -0.120. The fraction of sp³-hybridized carbons (Fsp3) is 0.0625. The van der Waals surface area contributed by atoms with Crippen molar-refractivity contribution in [3.8, 4) is 0 Å². The lowest BCUT2D eigenvalue weighted by Crippen LogP contribution is -2.34. The van der Waals surface area contributed by atoms with E-state index in [9.17, 15) is 14.0 Å². The molecule has 2 amide bonds. The Balaban J connectivity index is 1.80. The first-order valence-corrected chi connectivity index (χ1v) is 7.03. The summed E-state index contributed by atoms with van der Waals surface area (Å²) in [6, 6.07) is 12.1. The summed E-state index contributed by atoms with van der Waals surface area (Å²) in [4.78, 5) is 23.3. The third-order valence-corrected chi connectivity index (χ3v) is 2.98. The molecule has 0 spiro atoms. The van der Waals surface area contributed by atoms with Crippen LogP contribution in [0.1, 0.15) is 15.9 Å². The highest BCUT2D eigenvalue weighted by Gasteiger charge is 2.08. The second-order valence-electron chi connectivity index (χ2n) is 4.54. The summed E-state index contributed by atoms with van der Waals surface area (Å²) >= 11 is 5.82. The molecule has 0 aliphatic carbocycles. The zero-order valence-corrected chi connectivity index (χ0v) is 12.7. The van der Waals surface area contributed by atoms with E-state index in [-0.39, 0.29) is 12.1 Å². The van der Waals surface area contributed by atoms with Crippen molar-refractivity contribution in [1.29, 1.82) is 0 Å². The van der Waals surface area contributed by atoms with Crippen LogP contribution in [0.4, 0.5) is 4.39 Å². The van der Waals surface area contributed by atoms with Crippen molar-refractivity contribution in [2.75, 3.05) is 6.54 Å². The van der Waals surface area contributed by atoms with Gasteiger partial charge in [-0.15, -0.1) is 0 Å². The van der Waals surface area contributed by atoms with Gasteiger partial charge in [-0.2, -0.15) is 5.10 Å². The number of rotatable bonds is 5. The number of benzene rings is 2. The van der Waals surface area contributed by atoms with Crippen LogP contribution in [0.5, 0.6) is 0 Å². The molecule has 2 rings (SSSR count). The van der Waals surface area contributed by atoms with E-state index in [1.54, 1.807) is 24.3 Å². The maximum Gasteiger partial charge on any atom is 0.259 e. The first-order chi connectivity index (χ1) is 11.0. The third-order valence-electron chi connectivity index (χ3n) is 2.75. The van der Waals surface area contributed by atoms with Gasteiger partial charge in [-0.3, -0.25) is 9.59 Å². The molecule has 0 saturated carbocycles. The minimum Gasteiger partial charge on any atom is -0.343 e. The molecule has 0 heterocycles. The molecule has 118 valence electrons. The zero-order chi connectivity index (χ0) is 16.7. The Morgan fingerprint density at radius 2 is 1.96 bits per heavy atom. The summed E-state index contributed by atoms with van der Waals surface area (Å²) in [6.07, 6.45) is 1.43. The molecule has 0 unspecified atom stereocenters. The second-order valence-corrected chi connectivity index (χ2v) is 4.98. The fourth-order valence-corrected chi connectivity index (χ4v) is 1.90. The molecule has 0 fully saturated rings. The number of hydrogen-bond donors (Lipinski definition) is 2. The van der Waals surface area contributed by atoms with Gasteiger partial charge in [0.15, 0.2) is 0 Å². The molecular formula is C16H13ClFN3O2. The van der Waals surface area contributed by atoms with Gasteiger partial charge in [0.05, 0.1) is 12.8 Å². The number of carbonyl (C=O) groups is 2. The number of halogens is 2. The first kappa shape index (κ1) is 16.6. The van der Waals surface area contributed by atoms with Crippen molar-refractivity contribution >= 4 is 29.6 Å². The van der Waals surface area contributed by atoms with Gasteiger partial charge in [-0.1, -0.05) is 29.8 Å². The van der Waals surface area contributed by atoms with Gasteiger partial charge in [0, 0.05) is 10.6 Å². The SMILES string of the molecule is O=C(CNC(=O)c1cccc(F)c1)NN=Cc1cccc(Cl)c1. The number of hydrogen-bond acceptors (Lipinski definition) is 3. The van der Waals surface area contributed by atoms with E-state index in [0.717, 1.165) is 11.6 Å². The van der Waals surface area contributed by atoms with E-state index in [1.807, 2.05) is 0 Å². The summed E-state index contributed by atoms with van der Waals surface area (Å²) < 4.78 is 13.0. The highest BCUT2D eigenvalue weighted by atomic mass is 35.5. The van der Waals surface area contributed by atoms with E-state index < -0.39 is 17.6 Å². The van der Waals surface area contributed by atoms with E-state index in [1.165, 1.54) is 24.4 Å². The van der Waals surface area contributed by atoms with Crippen LogP contribution < -0.4 is 10.7 Å². The van der Waals surface area contributed by atoms with Crippen molar-refractivity contribution in [1.82, 2.24) is 10.7 Å². The molecule has 0 aromatic heterocycles. The molecule has 2 aromatic carbocycles. The van der Waals surface area contributed by atoms with Crippen molar-refractivity contribution in [2.24, 2.45) is 5.10 Å². The third kappa shape index (κ3) is 5.52. The highest BCUT2D eigenvalue weighted by Crippen LogP contribution is 2.08. The van der Waals surface area contributed by atoms with E-state index in [4.69, 9.17) is 11.6 Å². The molecule has 0 aliphatic rings. The van der Waals surface area contributed by atoms with Gasteiger partial charge in [0.25, 0.3) is 11.8 Å². The predicted molar refractivity (Wildman–Crippen MR) is 85.9 cm³/mol. The topological polar surface area (TPSA) is 70.6 Å². The molecule has 0 bridgehead atoms. The lowest BCUT2D eigenvalue weighted by Gasteiger charge is -2.04. The largest absolute Gasteiger partial charge is 0.343 e. The minimum atomic E-state index is -0.543. The van der Waals surface area contributed by atoms with E-state index in [0.29, 0.717) is 5.02 Å². The standard InChI is InChI=1S/C16H13ClFN3O2/c17-13-5-1-3-11(7-13)9-20-21-15(22)10-19-16(23)12-4-2-6-14(18)8-12/h1-9H,10H2,(H,19,23)(H,21,22). The number of amides is 2. The summed E-state index contributed by atoms with van der Waals surface area (Å²) in [5.74, 6) is -1.57. The van der Waals surface area contributed by atoms with Crippen LogP contribution in [-0.2, 0) is 4.79 Å². The molecule has 0 aliphatic heterocycles. The van der Waals surface area contributed by atoms with Crippen LogP contribution >= 0.6 is 11.6 Å². The first-order valence-electron chi connectivity index (χ1n) is 6.66. The fourth-order valence-electron chi connectivity index (χ4n) is 1.70. The Kier molecular flexibility index (Phi) is 5.82. The van der Waals surface area contributed by atoms with Crippen LogP contribution in [0.3, 0.4) is 0 Å². The average Bonchev–Trinajstić information content (AvgIpc) is 2.52. The Labute approximate surface area is 137 Å². The van der Waals surface area contributed by atoms with Gasteiger partial charge in [0.2, 0.25) is 0 Å². The number of carbonyl (C=O) groups excluding carboxylic acids is 2. The minimum absolute atomic E-state index is 0.139. The van der Waals surface area contributed by atoms with Gasteiger partial charge in [0.1, 0.15) is 5.82 Å². The molecule has 0 saturated heterocycles. The van der Waals surface area contributed by atoms with Gasteiger partial charge >= 0.3 is 0 Å². The van der Waals surface area contributed by atoms with Crippen LogP contribution in [0, 0.1) is 5.82 Å². The van der Waals surface area contributed by atoms with Gasteiger partial charge in [-0.05, 0) is 35.9 Å².